The van der Waals surface area contributed by atoms with Crippen LogP contribution in [0.1, 0.15) is 33.8 Å². The Kier molecular flexibility index (Phi) is 5.01. The van der Waals surface area contributed by atoms with Crippen LogP contribution in [0.3, 0.4) is 0 Å². The Hall–Kier alpha value is -3.29. The monoisotopic (exact) mass is 382 g/mol. The molecule has 2 N–H and O–H groups in total. The summed E-state index contributed by atoms with van der Waals surface area (Å²) < 4.78 is 5.14. The van der Waals surface area contributed by atoms with Crippen molar-refractivity contribution in [1.29, 1.82) is 0 Å². The summed E-state index contributed by atoms with van der Waals surface area (Å²) in [5.74, 6) is 0.0616. The highest BCUT2D eigenvalue weighted by atomic mass is 16.3. The summed E-state index contributed by atoms with van der Waals surface area (Å²) in [7, 11) is 0. The molecule has 0 unspecified atom stereocenters. The number of urea groups is 1. The lowest BCUT2D eigenvalue weighted by molar-refractivity contribution is 0.0640. The van der Waals surface area contributed by atoms with Crippen molar-refractivity contribution in [3.63, 3.8) is 0 Å². The maximum absolute atomic E-state index is 12.5. The molecule has 0 radical (unpaired) electrons. The molecule has 8 heteroatoms. The van der Waals surface area contributed by atoms with Gasteiger partial charge in [0.15, 0.2) is 5.76 Å². The van der Waals surface area contributed by atoms with Crippen LogP contribution in [-0.4, -0.2) is 59.9 Å². The molecule has 2 heterocycles. The van der Waals surface area contributed by atoms with Crippen LogP contribution in [0, 0.1) is 0 Å². The van der Waals surface area contributed by atoms with Gasteiger partial charge in [-0.1, -0.05) is 0 Å². The first-order valence-corrected chi connectivity index (χ1v) is 9.40. The van der Waals surface area contributed by atoms with E-state index in [1.807, 2.05) is 0 Å². The predicted molar refractivity (Wildman–Crippen MR) is 102 cm³/mol. The fraction of sp³-hybridized carbons (Fsp3) is 0.350. The highest BCUT2D eigenvalue weighted by molar-refractivity contribution is 5.96. The van der Waals surface area contributed by atoms with Gasteiger partial charge in [0.1, 0.15) is 0 Å². The van der Waals surface area contributed by atoms with Crippen LogP contribution in [0.15, 0.2) is 47.1 Å². The number of carbonyl (C=O) groups is 3. The number of carbonyl (C=O) groups excluding carboxylic acids is 3. The average Bonchev–Trinajstić information content (AvgIpc) is 3.36. The lowest BCUT2D eigenvalue weighted by Crippen LogP contribution is -2.51. The van der Waals surface area contributed by atoms with Crippen LogP contribution in [-0.2, 0) is 0 Å². The van der Waals surface area contributed by atoms with Crippen molar-refractivity contribution < 1.29 is 18.8 Å². The molecule has 4 amide bonds. The molecule has 1 saturated carbocycles. The predicted octanol–water partition coefficient (Wildman–Crippen LogP) is 2.16. The van der Waals surface area contributed by atoms with Crippen LogP contribution in [0.25, 0.3) is 0 Å². The minimum absolute atomic E-state index is 0.0854. The van der Waals surface area contributed by atoms with Crippen LogP contribution in [0.2, 0.25) is 0 Å². The fourth-order valence-corrected chi connectivity index (χ4v) is 3.07. The normalized spacial score (nSPS) is 16.6. The summed E-state index contributed by atoms with van der Waals surface area (Å²) in [5.41, 5.74) is 1.21. The van der Waals surface area contributed by atoms with Gasteiger partial charge in [0, 0.05) is 43.5 Å². The molecule has 8 nitrogen and oxygen atoms in total. The van der Waals surface area contributed by atoms with Crippen molar-refractivity contribution in [2.75, 3.05) is 31.5 Å². The van der Waals surface area contributed by atoms with Gasteiger partial charge in [0.05, 0.1) is 6.26 Å². The van der Waals surface area contributed by atoms with E-state index in [4.69, 9.17) is 4.42 Å². The second-order valence-corrected chi connectivity index (χ2v) is 7.01. The van der Waals surface area contributed by atoms with Gasteiger partial charge < -0.3 is 24.9 Å². The lowest BCUT2D eigenvalue weighted by Gasteiger charge is -2.34. The summed E-state index contributed by atoms with van der Waals surface area (Å²) in [5, 5.41) is 5.77. The van der Waals surface area contributed by atoms with E-state index < -0.39 is 0 Å². The van der Waals surface area contributed by atoms with Crippen LogP contribution >= 0.6 is 0 Å². The first kappa shape index (κ1) is 18.1. The number of hydrogen-bond acceptors (Lipinski definition) is 4. The van der Waals surface area contributed by atoms with E-state index in [2.05, 4.69) is 10.6 Å². The molecule has 2 fully saturated rings. The lowest BCUT2D eigenvalue weighted by atomic mass is 10.2. The topological polar surface area (TPSA) is 94.9 Å². The highest BCUT2D eigenvalue weighted by Gasteiger charge is 2.26. The smallest absolute Gasteiger partial charge is 0.321 e. The Labute approximate surface area is 162 Å². The zero-order valence-corrected chi connectivity index (χ0v) is 15.4. The number of rotatable bonds is 4. The van der Waals surface area contributed by atoms with Crippen molar-refractivity contribution in [3.05, 3.63) is 54.0 Å². The van der Waals surface area contributed by atoms with Crippen molar-refractivity contribution in [2.24, 2.45) is 0 Å². The quantitative estimate of drug-likeness (QED) is 0.847. The van der Waals surface area contributed by atoms with Gasteiger partial charge in [0.25, 0.3) is 11.8 Å². The number of nitrogens with zero attached hydrogens (tertiary/aromatic N) is 2. The van der Waals surface area contributed by atoms with Crippen LogP contribution in [0.4, 0.5) is 10.5 Å². The van der Waals surface area contributed by atoms with Crippen molar-refractivity contribution in [2.45, 2.75) is 18.9 Å². The average molecular weight is 382 g/mol. The molecule has 2 aromatic rings. The number of hydrogen-bond donors (Lipinski definition) is 2. The zero-order valence-electron chi connectivity index (χ0n) is 15.4. The number of anilines is 1. The molecular formula is C20H22N4O4. The van der Waals surface area contributed by atoms with Gasteiger partial charge in [-0.05, 0) is 49.2 Å². The molecular weight excluding hydrogens is 360 g/mol. The van der Waals surface area contributed by atoms with E-state index in [9.17, 15) is 14.4 Å². The summed E-state index contributed by atoms with van der Waals surface area (Å²) in [6, 6.07) is 10.2. The molecule has 1 aliphatic carbocycles. The van der Waals surface area contributed by atoms with Crippen LogP contribution in [0.5, 0.6) is 0 Å². The second kappa shape index (κ2) is 7.75. The Morgan fingerprint density at radius 3 is 2.21 bits per heavy atom. The molecule has 2 aliphatic rings. The Balaban J connectivity index is 1.27. The summed E-state index contributed by atoms with van der Waals surface area (Å²) in [4.78, 5) is 40.1. The fourth-order valence-electron chi connectivity index (χ4n) is 3.07. The number of benzene rings is 1. The van der Waals surface area contributed by atoms with E-state index in [1.54, 1.807) is 46.2 Å². The molecule has 0 bridgehead atoms. The molecule has 1 saturated heterocycles. The third kappa shape index (κ3) is 4.16. The number of furan rings is 1. The Morgan fingerprint density at radius 1 is 0.929 bits per heavy atom. The molecule has 146 valence electrons. The largest absolute Gasteiger partial charge is 0.459 e. The van der Waals surface area contributed by atoms with Gasteiger partial charge in [0.2, 0.25) is 0 Å². The van der Waals surface area contributed by atoms with E-state index >= 15 is 0 Å². The SMILES string of the molecule is O=C(NC1CC1)c1ccc(NC(=O)N2CCN(C(=O)c3ccco3)CC2)cc1. The third-order valence-electron chi connectivity index (χ3n) is 4.90. The molecule has 1 aliphatic heterocycles. The Morgan fingerprint density at radius 2 is 1.61 bits per heavy atom. The van der Waals surface area contributed by atoms with E-state index in [0.717, 1.165) is 12.8 Å². The minimum atomic E-state index is -0.222. The van der Waals surface area contributed by atoms with Gasteiger partial charge in [-0.3, -0.25) is 9.59 Å². The molecule has 4 rings (SSSR count). The van der Waals surface area contributed by atoms with Crippen molar-refractivity contribution >= 4 is 23.5 Å². The molecule has 0 spiro atoms. The highest BCUT2D eigenvalue weighted by Crippen LogP contribution is 2.20. The van der Waals surface area contributed by atoms with Gasteiger partial charge in [-0.2, -0.15) is 0 Å². The summed E-state index contributed by atoms with van der Waals surface area (Å²) in [6.45, 7) is 1.79. The van der Waals surface area contributed by atoms with E-state index in [-0.39, 0.29) is 17.8 Å². The van der Waals surface area contributed by atoms with E-state index in [0.29, 0.717) is 49.2 Å². The maximum Gasteiger partial charge on any atom is 0.321 e. The maximum atomic E-state index is 12.5. The van der Waals surface area contributed by atoms with Crippen LogP contribution < -0.4 is 10.6 Å². The minimum Gasteiger partial charge on any atom is -0.459 e. The number of piperazine rings is 1. The molecule has 28 heavy (non-hydrogen) atoms. The third-order valence-corrected chi connectivity index (χ3v) is 4.90. The van der Waals surface area contributed by atoms with E-state index in [1.165, 1.54) is 6.26 Å². The Bertz CT molecular complexity index is 851. The summed E-state index contributed by atoms with van der Waals surface area (Å²) >= 11 is 0. The first-order chi connectivity index (χ1) is 13.6. The molecule has 1 aromatic heterocycles. The van der Waals surface area contributed by atoms with Crippen molar-refractivity contribution in [3.8, 4) is 0 Å². The van der Waals surface area contributed by atoms with Crippen molar-refractivity contribution in [1.82, 2.24) is 15.1 Å². The number of amides is 4. The second-order valence-electron chi connectivity index (χ2n) is 7.01. The standard InChI is InChI=1S/C20H22N4O4/c25-18(21-15-7-8-15)14-3-5-16(6-4-14)22-20(27)24-11-9-23(10-12-24)19(26)17-2-1-13-28-17/h1-6,13,15H,7-12H2,(H,21,25)(H,22,27). The zero-order chi connectivity index (χ0) is 19.5. The van der Waals surface area contributed by atoms with Gasteiger partial charge in [-0.25, -0.2) is 4.79 Å². The number of nitrogens with one attached hydrogen (secondary N) is 2. The van der Waals surface area contributed by atoms with Gasteiger partial charge >= 0.3 is 6.03 Å². The molecule has 1 aromatic carbocycles. The summed E-state index contributed by atoms with van der Waals surface area (Å²) in [6.07, 6.45) is 3.55. The molecule has 0 atom stereocenters. The first-order valence-electron chi connectivity index (χ1n) is 9.40. The van der Waals surface area contributed by atoms with Gasteiger partial charge in [-0.15, -0.1) is 0 Å².